The van der Waals surface area contributed by atoms with E-state index < -0.39 is 0 Å². The number of halogens is 1. The van der Waals surface area contributed by atoms with Crippen molar-refractivity contribution in [3.63, 3.8) is 0 Å². The molecular formula is C24H26FN7O. The summed E-state index contributed by atoms with van der Waals surface area (Å²) in [6.45, 7) is 4.67. The van der Waals surface area contributed by atoms with Crippen LogP contribution in [0.3, 0.4) is 0 Å². The van der Waals surface area contributed by atoms with E-state index in [9.17, 15) is 4.39 Å². The fraction of sp³-hybridized carbons (Fsp3) is 0.333. The molecule has 0 bridgehead atoms. The first-order valence-electron chi connectivity index (χ1n) is 11.1. The number of hydrogen-bond donors (Lipinski definition) is 1. The Bertz CT molecular complexity index is 1300. The molecule has 33 heavy (non-hydrogen) atoms. The van der Waals surface area contributed by atoms with Crippen molar-refractivity contribution in [2.45, 2.75) is 32.7 Å². The smallest absolute Gasteiger partial charge is 0.223 e. The lowest BCUT2D eigenvalue weighted by atomic mass is 10.0. The Hall–Kier alpha value is -3.59. The first-order valence-corrected chi connectivity index (χ1v) is 11.1. The molecule has 0 amide bonds. The summed E-state index contributed by atoms with van der Waals surface area (Å²) in [5.41, 5.74) is 10.7. The SMILES string of the molecule is COc1ncc(-c2c(-c3ccc(F)cc3)nc(N)n3nc(CN4CCCCC4)nc23)cc1C. The normalized spacial score (nSPS) is 14.6. The zero-order chi connectivity index (χ0) is 22.9. The van der Waals surface area contributed by atoms with Crippen LogP contribution in [0.25, 0.3) is 28.0 Å². The van der Waals surface area contributed by atoms with E-state index in [1.54, 1.807) is 30.0 Å². The Balaban J connectivity index is 1.70. The number of aromatic nitrogens is 5. The van der Waals surface area contributed by atoms with Crippen molar-refractivity contribution in [1.82, 2.24) is 29.5 Å². The molecule has 0 spiro atoms. The van der Waals surface area contributed by atoms with Crippen molar-refractivity contribution in [3.05, 3.63) is 53.7 Å². The molecule has 1 saturated heterocycles. The summed E-state index contributed by atoms with van der Waals surface area (Å²) < 4.78 is 20.5. The summed E-state index contributed by atoms with van der Waals surface area (Å²) in [7, 11) is 1.59. The Morgan fingerprint density at radius 3 is 2.52 bits per heavy atom. The summed E-state index contributed by atoms with van der Waals surface area (Å²) in [5, 5.41) is 4.67. The predicted octanol–water partition coefficient (Wildman–Crippen LogP) is 3.88. The summed E-state index contributed by atoms with van der Waals surface area (Å²) >= 11 is 0. The van der Waals surface area contributed by atoms with E-state index in [1.165, 1.54) is 31.4 Å². The van der Waals surface area contributed by atoms with Crippen LogP contribution < -0.4 is 10.5 Å². The van der Waals surface area contributed by atoms with E-state index in [0.29, 0.717) is 29.6 Å². The number of pyridine rings is 1. The van der Waals surface area contributed by atoms with Gasteiger partial charge in [0.2, 0.25) is 11.8 Å². The van der Waals surface area contributed by atoms with E-state index in [2.05, 4.69) is 20.0 Å². The van der Waals surface area contributed by atoms with Gasteiger partial charge in [-0.2, -0.15) is 4.52 Å². The lowest BCUT2D eigenvalue weighted by molar-refractivity contribution is 0.216. The number of piperidine rings is 1. The maximum Gasteiger partial charge on any atom is 0.223 e. The zero-order valence-corrected chi connectivity index (χ0v) is 18.8. The second kappa shape index (κ2) is 8.74. The van der Waals surface area contributed by atoms with Gasteiger partial charge in [-0.3, -0.25) is 4.90 Å². The van der Waals surface area contributed by atoms with E-state index in [4.69, 9.17) is 15.5 Å². The molecule has 4 heterocycles. The van der Waals surface area contributed by atoms with Gasteiger partial charge >= 0.3 is 0 Å². The van der Waals surface area contributed by atoms with Crippen molar-refractivity contribution in [2.75, 3.05) is 25.9 Å². The summed E-state index contributed by atoms with van der Waals surface area (Å²) in [6.07, 6.45) is 5.37. The molecule has 5 rings (SSSR count). The highest BCUT2D eigenvalue weighted by Gasteiger charge is 2.22. The van der Waals surface area contributed by atoms with Crippen LogP contribution in [-0.2, 0) is 6.54 Å². The molecule has 8 nitrogen and oxygen atoms in total. The minimum absolute atomic E-state index is 0.226. The maximum absolute atomic E-state index is 13.6. The highest BCUT2D eigenvalue weighted by molar-refractivity contribution is 5.90. The monoisotopic (exact) mass is 447 g/mol. The van der Waals surface area contributed by atoms with Crippen LogP contribution in [0.15, 0.2) is 36.5 Å². The van der Waals surface area contributed by atoms with Crippen molar-refractivity contribution < 1.29 is 9.13 Å². The van der Waals surface area contributed by atoms with Gasteiger partial charge in [0.25, 0.3) is 0 Å². The molecule has 2 N–H and O–H groups in total. The molecule has 1 fully saturated rings. The second-order valence-corrected chi connectivity index (χ2v) is 8.35. The largest absolute Gasteiger partial charge is 0.481 e. The third-order valence-electron chi connectivity index (χ3n) is 6.00. The first kappa shape index (κ1) is 21.3. The number of likely N-dealkylation sites (tertiary alicyclic amines) is 1. The Kier molecular flexibility index (Phi) is 5.63. The molecule has 1 aliphatic rings. The third-order valence-corrected chi connectivity index (χ3v) is 6.00. The molecule has 0 unspecified atom stereocenters. The molecule has 0 radical (unpaired) electrons. The van der Waals surface area contributed by atoms with Gasteiger partial charge in [-0.25, -0.2) is 19.3 Å². The van der Waals surface area contributed by atoms with Gasteiger partial charge in [-0.05, 0) is 63.2 Å². The number of benzene rings is 1. The fourth-order valence-corrected chi connectivity index (χ4v) is 4.38. The topological polar surface area (TPSA) is 94.5 Å². The number of methoxy groups -OCH3 is 1. The summed E-state index contributed by atoms with van der Waals surface area (Å²) in [6, 6.07) is 8.16. The van der Waals surface area contributed by atoms with Crippen molar-refractivity contribution in [2.24, 2.45) is 0 Å². The van der Waals surface area contributed by atoms with E-state index >= 15 is 0 Å². The maximum atomic E-state index is 13.6. The molecule has 3 aromatic heterocycles. The van der Waals surface area contributed by atoms with Crippen LogP contribution in [0.1, 0.15) is 30.7 Å². The summed E-state index contributed by atoms with van der Waals surface area (Å²) in [4.78, 5) is 16.3. The van der Waals surface area contributed by atoms with Gasteiger partial charge in [0.05, 0.1) is 24.9 Å². The van der Waals surface area contributed by atoms with Crippen molar-refractivity contribution in [3.8, 4) is 28.3 Å². The minimum atomic E-state index is -0.317. The Morgan fingerprint density at radius 2 is 1.82 bits per heavy atom. The number of nitrogens with zero attached hydrogens (tertiary/aromatic N) is 6. The van der Waals surface area contributed by atoms with Crippen LogP contribution in [0, 0.1) is 12.7 Å². The number of rotatable bonds is 5. The van der Waals surface area contributed by atoms with E-state index in [1.807, 2.05) is 13.0 Å². The molecule has 9 heteroatoms. The van der Waals surface area contributed by atoms with Crippen LogP contribution in [-0.4, -0.2) is 49.7 Å². The molecule has 4 aromatic rings. The van der Waals surface area contributed by atoms with Gasteiger partial charge in [-0.1, -0.05) is 6.42 Å². The minimum Gasteiger partial charge on any atom is -0.481 e. The van der Waals surface area contributed by atoms with Gasteiger partial charge in [0, 0.05) is 22.9 Å². The Morgan fingerprint density at radius 1 is 1.06 bits per heavy atom. The molecule has 1 aromatic carbocycles. The number of anilines is 1. The van der Waals surface area contributed by atoms with Crippen LogP contribution >= 0.6 is 0 Å². The first-order chi connectivity index (χ1) is 16.0. The molecule has 0 aliphatic carbocycles. The van der Waals surface area contributed by atoms with Crippen molar-refractivity contribution in [1.29, 1.82) is 0 Å². The van der Waals surface area contributed by atoms with Crippen LogP contribution in [0.5, 0.6) is 5.88 Å². The molecule has 1 aliphatic heterocycles. The van der Waals surface area contributed by atoms with Gasteiger partial charge in [-0.15, -0.1) is 5.10 Å². The van der Waals surface area contributed by atoms with Gasteiger partial charge in [0.15, 0.2) is 11.5 Å². The lowest BCUT2D eigenvalue weighted by Gasteiger charge is -2.24. The quantitative estimate of drug-likeness (QED) is 0.496. The molecule has 0 saturated carbocycles. The van der Waals surface area contributed by atoms with E-state index in [-0.39, 0.29) is 11.8 Å². The highest BCUT2D eigenvalue weighted by Crippen LogP contribution is 2.36. The van der Waals surface area contributed by atoms with Crippen LogP contribution in [0.4, 0.5) is 10.3 Å². The number of ether oxygens (including phenoxy) is 1. The number of fused-ring (bicyclic) bond motifs is 1. The zero-order valence-electron chi connectivity index (χ0n) is 18.8. The molecule has 170 valence electrons. The molecule has 0 atom stereocenters. The Labute approximate surface area is 191 Å². The van der Waals surface area contributed by atoms with Gasteiger partial charge in [0.1, 0.15) is 5.82 Å². The summed E-state index contributed by atoms with van der Waals surface area (Å²) in [5.74, 6) is 1.15. The van der Waals surface area contributed by atoms with Crippen LogP contribution in [0.2, 0.25) is 0 Å². The number of nitrogens with two attached hydrogens (primary N) is 1. The predicted molar refractivity (Wildman–Crippen MR) is 124 cm³/mol. The van der Waals surface area contributed by atoms with Gasteiger partial charge < -0.3 is 10.5 Å². The van der Waals surface area contributed by atoms with Crippen molar-refractivity contribution >= 4 is 11.6 Å². The van der Waals surface area contributed by atoms with E-state index in [0.717, 1.165) is 35.3 Å². The molecular weight excluding hydrogens is 421 g/mol. The average molecular weight is 448 g/mol. The number of hydrogen-bond acceptors (Lipinski definition) is 7. The number of aryl methyl sites for hydroxylation is 1. The highest BCUT2D eigenvalue weighted by atomic mass is 19.1. The fourth-order valence-electron chi connectivity index (χ4n) is 4.38. The average Bonchev–Trinajstić information content (AvgIpc) is 3.24. The standard InChI is InChI=1S/C24H26FN7O/c1-15-12-17(13-27-23(15)33-2)20-21(16-6-8-18(25)9-7-16)29-24(26)32-22(20)28-19(30-32)14-31-10-4-3-5-11-31/h6-9,12-13H,3-5,10-11,14H2,1-2H3,(H2,26,29). The third kappa shape index (κ3) is 4.11. The lowest BCUT2D eigenvalue weighted by Crippen LogP contribution is -2.29. The number of nitrogen functional groups attached to an aromatic ring is 1. The second-order valence-electron chi connectivity index (χ2n) is 8.35.